The van der Waals surface area contributed by atoms with Crippen LogP contribution in [0.25, 0.3) is 0 Å². The predicted octanol–water partition coefficient (Wildman–Crippen LogP) is 3.22. The van der Waals surface area contributed by atoms with E-state index in [1.165, 1.54) is 32.1 Å². The lowest BCUT2D eigenvalue weighted by molar-refractivity contribution is 0.234. The lowest BCUT2D eigenvalue weighted by Crippen LogP contribution is -2.23. The van der Waals surface area contributed by atoms with Gasteiger partial charge in [0.1, 0.15) is 5.82 Å². The summed E-state index contributed by atoms with van der Waals surface area (Å²) in [7, 11) is 0. The van der Waals surface area contributed by atoms with E-state index < -0.39 is 0 Å². The van der Waals surface area contributed by atoms with E-state index in [0.29, 0.717) is 5.41 Å². The van der Waals surface area contributed by atoms with Crippen molar-refractivity contribution in [3.63, 3.8) is 0 Å². The molecule has 0 radical (unpaired) electrons. The summed E-state index contributed by atoms with van der Waals surface area (Å²) in [6, 6.07) is 0. The summed E-state index contributed by atoms with van der Waals surface area (Å²) < 4.78 is 2.93. The maximum absolute atomic E-state index is 5.25. The van der Waals surface area contributed by atoms with Crippen molar-refractivity contribution in [2.75, 3.05) is 0 Å². The van der Waals surface area contributed by atoms with Crippen molar-refractivity contribution in [2.45, 2.75) is 52.5 Å². The molecule has 0 unspecified atom stereocenters. The van der Waals surface area contributed by atoms with Gasteiger partial charge < -0.3 is 4.57 Å². The smallest absolute Gasteiger partial charge is 0.195 e. The average molecular weight is 225 g/mol. The second kappa shape index (κ2) is 4.08. The summed E-state index contributed by atoms with van der Waals surface area (Å²) in [5, 5.41) is 7.04. The lowest BCUT2D eigenvalue weighted by atomic mass is 9.83. The number of nitrogens with one attached hydrogen (secondary N) is 1. The fourth-order valence-electron chi connectivity index (χ4n) is 2.67. The molecule has 0 bridgehead atoms. The van der Waals surface area contributed by atoms with Crippen molar-refractivity contribution < 1.29 is 0 Å². The van der Waals surface area contributed by atoms with E-state index in [-0.39, 0.29) is 0 Å². The van der Waals surface area contributed by atoms with Crippen molar-refractivity contribution in [1.29, 1.82) is 0 Å². The van der Waals surface area contributed by atoms with E-state index in [1.54, 1.807) is 0 Å². The summed E-state index contributed by atoms with van der Waals surface area (Å²) >= 11 is 5.25. The van der Waals surface area contributed by atoms with Crippen molar-refractivity contribution in [3.05, 3.63) is 10.6 Å². The maximum atomic E-state index is 5.25. The van der Waals surface area contributed by atoms with Gasteiger partial charge in [-0.1, -0.05) is 19.8 Å². The van der Waals surface area contributed by atoms with E-state index in [2.05, 4.69) is 21.7 Å². The van der Waals surface area contributed by atoms with Crippen molar-refractivity contribution in [2.24, 2.45) is 5.41 Å². The molecule has 1 fully saturated rings. The van der Waals surface area contributed by atoms with E-state index in [1.807, 2.05) is 6.92 Å². The number of aryl methyl sites for hydroxylation is 1. The molecule has 1 aliphatic carbocycles. The Bertz CT molecular complexity index is 385. The Balaban J connectivity index is 2.23. The maximum Gasteiger partial charge on any atom is 0.195 e. The lowest BCUT2D eigenvalue weighted by Gasteiger charge is -2.28. The fraction of sp³-hybridized carbons (Fsp3) is 0.818. The van der Waals surface area contributed by atoms with Gasteiger partial charge in [0, 0.05) is 6.54 Å². The van der Waals surface area contributed by atoms with Gasteiger partial charge in [-0.2, -0.15) is 5.10 Å². The van der Waals surface area contributed by atoms with Crippen LogP contribution in [0.4, 0.5) is 0 Å². The van der Waals surface area contributed by atoms with Gasteiger partial charge in [-0.25, -0.2) is 0 Å². The Morgan fingerprint density at radius 1 is 1.47 bits per heavy atom. The molecule has 0 atom stereocenters. The first-order valence-corrected chi connectivity index (χ1v) is 6.19. The first kappa shape index (κ1) is 10.9. The molecule has 84 valence electrons. The SMILES string of the molecule is CCC1(Cn2c(C)n[nH]c2=S)CCCC1. The topological polar surface area (TPSA) is 33.6 Å². The third-order valence-electron chi connectivity index (χ3n) is 3.86. The molecule has 15 heavy (non-hydrogen) atoms. The highest BCUT2D eigenvalue weighted by molar-refractivity contribution is 7.71. The van der Waals surface area contributed by atoms with Crippen LogP contribution in [-0.2, 0) is 6.54 Å². The van der Waals surface area contributed by atoms with Crippen molar-refractivity contribution >= 4 is 12.2 Å². The van der Waals surface area contributed by atoms with Crippen LogP contribution < -0.4 is 0 Å². The summed E-state index contributed by atoms with van der Waals surface area (Å²) in [6.07, 6.45) is 6.68. The molecule has 0 aliphatic heterocycles. The van der Waals surface area contributed by atoms with Gasteiger partial charge in [-0.3, -0.25) is 5.10 Å². The quantitative estimate of drug-likeness (QED) is 0.801. The number of rotatable bonds is 3. The Labute approximate surface area is 95.9 Å². The highest BCUT2D eigenvalue weighted by Crippen LogP contribution is 2.42. The zero-order valence-electron chi connectivity index (χ0n) is 9.55. The standard InChI is InChI=1S/C11H19N3S/c1-3-11(6-4-5-7-11)8-14-9(2)12-13-10(14)15/h3-8H2,1-2H3,(H,13,15). The molecule has 1 aromatic rings. The van der Waals surface area contributed by atoms with E-state index in [9.17, 15) is 0 Å². The van der Waals surface area contributed by atoms with Gasteiger partial charge in [0.2, 0.25) is 0 Å². The number of aromatic amines is 1. The first-order chi connectivity index (χ1) is 7.17. The van der Waals surface area contributed by atoms with Crippen LogP contribution in [0.1, 0.15) is 44.9 Å². The molecule has 0 amide bonds. The number of nitrogens with zero attached hydrogens (tertiary/aromatic N) is 2. The molecular weight excluding hydrogens is 206 g/mol. The second-order valence-electron chi connectivity index (χ2n) is 4.72. The highest BCUT2D eigenvalue weighted by atomic mass is 32.1. The van der Waals surface area contributed by atoms with Crippen LogP contribution in [-0.4, -0.2) is 14.8 Å². The van der Waals surface area contributed by atoms with Gasteiger partial charge in [0.25, 0.3) is 0 Å². The van der Waals surface area contributed by atoms with Crippen LogP contribution in [0.2, 0.25) is 0 Å². The zero-order chi connectivity index (χ0) is 10.9. The minimum absolute atomic E-state index is 0.479. The largest absolute Gasteiger partial charge is 0.304 e. The van der Waals surface area contributed by atoms with Gasteiger partial charge in [-0.05, 0) is 43.8 Å². The fourth-order valence-corrected chi connectivity index (χ4v) is 2.91. The number of H-pyrrole nitrogens is 1. The predicted molar refractivity (Wildman–Crippen MR) is 63.3 cm³/mol. The van der Waals surface area contributed by atoms with Crippen LogP contribution in [0, 0.1) is 17.1 Å². The second-order valence-corrected chi connectivity index (χ2v) is 5.11. The third kappa shape index (κ3) is 2.00. The van der Waals surface area contributed by atoms with Gasteiger partial charge in [-0.15, -0.1) is 0 Å². The molecule has 1 aromatic heterocycles. The summed E-state index contributed by atoms with van der Waals surface area (Å²) in [4.78, 5) is 0. The molecule has 1 saturated carbocycles. The van der Waals surface area contributed by atoms with Gasteiger partial charge in [0.05, 0.1) is 0 Å². The normalized spacial score (nSPS) is 19.6. The Kier molecular flexibility index (Phi) is 2.96. The van der Waals surface area contributed by atoms with E-state index in [0.717, 1.165) is 17.1 Å². The number of hydrogen-bond acceptors (Lipinski definition) is 2. The minimum Gasteiger partial charge on any atom is -0.304 e. The van der Waals surface area contributed by atoms with Crippen molar-refractivity contribution in [3.8, 4) is 0 Å². The Morgan fingerprint density at radius 3 is 2.60 bits per heavy atom. The molecule has 0 spiro atoms. The van der Waals surface area contributed by atoms with Gasteiger partial charge in [0.15, 0.2) is 4.77 Å². The molecule has 1 heterocycles. The van der Waals surface area contributed by atoms with E-state index in [4.69, 9.17) is 12.2 Å². The van der Waals surface area contributed by atoms with Crippen molar-refractivity contribution in [1.82, 2.24) is 14.8 Å². The van der Waals surface area contributed by atoms with Crippen LogP contribution in [0.5, 0.6) is 0 Å². The van der Waals surface area contributed by atoms with E-state index >= 15 is 0 Å². The Morgan fingerprint density at radius 2 is 2.13 bits per heavy atom. The Hall–Kier alpha value is -0.640. The monoisotopic (exact) mass is 225 g/mol. The van der Waals surface area contributed by atoms with Gasteiger partial charge >= 0.3 is 0 Å². The number of hydrogen-bond donors (Lipinski definition) is 1. The molecule has 0 saturated heterocycles. The molecule has 0 aromatic carbocycles. The summed E-state index contributed by atoms with van der Waals surface area (Å²) in [6.45, 7) is 5.36. The number of aromatic nitrogens is 3. The molecule has 2 rings (SSSR count). The van der Waals surface area contributed by atoms with Crippen LogP contribution >= 0.6 is 12.2 Å². The molecule has 3 nitrogen and oxygen atoms in total. The zero-order valence-corrected chi connectivity index (χ0v) is 10.4. The third-order valence-corrected chi connectivity index (χ3v) is 4.17. The first-order valence-electron chi connectivity index (χ1n) is 5.79. The van der Waals surface area contributed by atoms with Crippen LogP contribution in [0.15, 0.2) is 0 Å². The molecular formula is C11H19N3S. The summed E-state index contributed by atoms with van der Waals surface area (Å²) in [5.41, 5.74) is 0.479. The molecule has 1 N–H and O–H groups in total. The summed E-state index contributed by atoms with van der Waals surface area (Å²) in [5.74, 6) is 1.01. The minimum atomic E-state index is 0.479. The van der Waals surface area contributed by atoms with Crippen LogP contribution in [0.3, 0.4) is 0 Å². The average Bonchev–Trinajstić information content (AvgIpc) is 2.81. The molecule has 4 heteroatoms. The molecule has 1 aliphatic rings. The highest BCUT2D eigenvalue weighted by Gasteiger charge is 2.32.